The van der Waals surface area contributed by atoms with Crippen LogP contribution in [0.1, 0.15) is 83.5 Å². The van der Waals surface area contributed by atoms with Crippen molar-refractivity contribution in [2.24, 2.45) is 5.73 Å². The molecular formula is C54H58N6O8SSi. The predicted molar refractivity (Wildman–Crippen MR) is 278 cm³/mol. The first-order chi connectivity index (χ1) is 33.2. The Balaban J connectivity index is 0.960. The number of H-pyrrole nitrogens is 1. The number of aromatic nitrogens is 2. The zero-order chi connectivity index (χ0) is 50.4. The minimum absolute atomic E-state index is 0.0154. The number of hydrogen-bond donors (Lipinski definition) is 6. The first kappa shape index (κ1) is 50.6. The van der Waals surface area contributed by atoms with Gasteiger partial charge in [0.1, 0.15) is 11.5 Å². The maximum atomic E-state index is 14.2. The molecular weight excluding hydrogens is 921 g/mol. The fourth-order valence-corrected chi connectivity index (χ4v) is 10.4. The molecule has 0 fully saturated rings. The van der Waals surface area contributed by atoms with Gasteiger partial charge in [0.05, 0.1) is 45.3 Å². The number of aromatic amines is 1. The highest BCUT2D eigenvalue weighted by molar-refractivity contribution is 7.91. The summed E-state index contributed by atoms with van der Waals surface area (Å²) >= 11 is 0. The number of methoxy groups -OCH3 is 1. The molecule has 14 nitrogen and oxygen atoms in total. The number of hydrogen-bond acceptors (Lipinski definition) is 11. The van der Waals surface area contributed by atoms with Crippen LogP contribution >= 0.6 is 0 Å². The number of benzene rings is 5. The molecule has 0 aliphatic rings. The van der Waals surface area contributed by atoms with Crippen molar-refractivity contribution in [2.45, 2.75) is 81.0 Å². The highest BCUT2D eigenvalue weighted by Crippen LogP contribution is 2.41. The van der Waals surface area contributed by atoms with Crippen LogP contribution < -0.4 is 32.0 Å². The summed E-state index contributed by atoms with van der Waals surface area (Å²) in [7, 11) is -4.85. The second-order valence-corrected chi connectivity index (χ2v) is 25.3. The van der Waals surface area contributed by atoms with Gasteiger partial charge < -0.3 is 40.9 Å². The molecule has 5 aromatic carbocycles. The van der Waals surface area contributed by atoms with E-state index in [2.05, 4.69) is 71.6 Å². The van der Waals surface area contributed by atoms with Crippen molar-refractivity contribution < 1.29 is 32.3 Å². The van der Waals surface area contributed by atoms with Crippen LogP contribution in [-0.2, 0) is 14.3 Å². The van der Waals surface area contributed by atoms with E-state index in [1.54, 1.807) is 55.5 Å². The molecule has 0 aliphatic carbocycles. The number of carbonyl (C=O) groups excluding carboxylic acids is 2. The minimum atomic E-state index is -4.18. The molecule has 0 aliphatic heterocycles. The molecule has 2 heterocycles. The van der Waals surface area contributed by atoms with Gasteiger partial charge in [-0.1, -0.05) is 50.8 Å². The zero-order valence-electron chi connectivity index (χ0n) is 40.3. The number of phenols is 1. The number of phenolic OH excluding ortho intramolecular Hbond substituents is 1. The van der Waals surface area contributed by atoms with E-state index in [1.165, 1.54) is 55.8 Å². The lowest BCUT2D eigenvalue weighted by atomic mass is 10.0. The summed E-state index contributed by atoms with van der Waals surface area (Å²) in [6.07, 6.45) is 3.51. The molecule has 7 N–H and O–H groups in total. The quantitative estimate of drug-likeness (QED) is 0.0287. The van der Waals surface area contributed by atoms with Crippen LogP contribution in [0.5, 0.6) is 11.5 Å². The van der Waals surface area contributed by atoms with Gasteiger partial charge in [-0.05, 0) is 134 Å². The third-order valence-electron chi connectivity index (χ3n) is 12.6. The Bertz CT molecular complexity index is 3340. The average molecular weight is 979 g/mol. The number of anilines is 3. The fraction of sp³-hybridized carbons (Fsp3) is 0.259. The van der Waals surface area contributed by atoms with Crippen LogP contribution in [0.15, 0.2) is 130 Å². The molecule has 0 bridgehead atoms. The molecule has 0 spiro atoms. The van der Waals surface area contributed by atoms with E-state index >= 15 is 0 Å². The maximum Gasteiger partial charge on any atom is 0.255 e. The van der Waals surface area contributed by atoms with Crippen LogP contribution in [0, 0.1) is 18.8 Å². The monoisotopic (exact) mass is 978 g/mol. The van der Waals surface area contributed by atoms with E-state index < -0.39 is 30.0 Å². The van der Waals surface area contributed by atoms with Crippen LogP contribution in [0.2, 0.25) is 18.1 Å². The Morgan fingerprint density at radius 2 is 1.66 bits per heavy atom. The summed E-state index contributed by atoms with van der Waals surface area (Å²) in [6, 6.07) is 29.6. The molecule has 70 heavy (non-hydrogen) atoms. The number of sulfone groups is 1. The lowest BCUT2D eigenvalue weighted by molar-refractivity contribution is 0.0998. The Hall–Kier alpha value is -7.29. The number of aryl methyl sites for hydroxylation is 1. The van der Waals surface area contributed by atoms with E-state index in [9.17, 15) is 27.9 Å². The normalized spacial score (nSPS) is 12.3. The average Bonchev–Trinajstić information content (AvgIpc) is 3.32. The van der Waals surface area contributed by atoms with E-state index in [0.717, 1.165) is 35.9 Å². The van der Waals surface area contributed by atoms with Crippen molar-refractivity contribution >= 4 is 68.8 Å². The number of ether oxygens (including phenoxy) is 1. The lowest BCUT2D eigenvalue weighted by Gasteiger charge is -2.39. The van der Waals surface area contributed by atoms with Gasteiger partial charge in [0, 0.05) is 64.6 Å². The summed E-state index contributed by atoms with van der Waals surface area (Å²) in [5.74, 6) is 5.77. The molecule has 2 aromatic heterocycles. The van der Waals surface area contributed by atoms with Crippen LogP contribution in [0.4, 0.5) is 17.1 Å². The standard InChI is InChI=1S/C54H58N6O8SSi/c1-34-28-41(31-44-49(34)57-32-45(52(55)63)50(44)58-38-16-13-17-39(30-38)67-5)69(65,66)40-18-12-15-36(29-40)53(64)59-37-21-19-35(20-22-37)14-10-8-9-11-27-56-33-47(68-70(6,7)54(2,3)4)42-23-25-46(61)51-43(42)24-26-48(62)60-51/h12-13,15-26,28-32,47,56,61H,8-9,11,27,33H2,1-7H3,(H2,55,63)(H,57,58)(H,59,64)(H,60,62)/t47-/m0/s1. The molecule has 362 valence electrons. The smallest absolute Gasteiger partial charge is 0.255 e. The number of amides is 2. The summed E-state index contributed by atoms with van der Waals surface area (Å²) < 4.78 is 40.7. The SMILES string of the molecule is COc1cccc(Nc2c(C(N)=O)cnc3c(C)cc(S(=O)(=O)c4cccc(C(=O)Nc5ccc(C#CCCCCNC[C@H](O[Si](C)(C)C(C)(C)C)c6ccc(O)c7[nH]c(=O)ccc67)cc5)c4)cc23)c1. The molecule has 1 atom stereocenters. The molecule has 2 amide bonds. The van der Waals surface area contributed by atoms with Gasteiger partial charge in [-0.25, -0.2) is 8.42 Å². The first-order valence-corrected chi connectivity index (χ1v) is 27.3. The van der Waals surface area contributed by atoms with E-state index in [0.29, 0.717) is 52.1 Å². The summed E-state index contributed by atoms with van der Waals surface area (Å²) in [5, 5.41) is 21.2. The maximum absolute atomic E-state index is 14.2. The van der Waals surface area contributed by atoms with Gasteiger partial charge in [-0.2, -0.15) is 0 Å². The Kier molecular flexibility index (Phi) is 15.3. The molecule has 0 unspecified atom stereocenters. The van der Waals surface area contributed by atoms with Gasteiger partial charge in [0.15, 0.2) is 8.32 Å². The number of pyridine rings is 2. The molecule has 7 rings (SSSR count). The molecule has 0 saturated carbocycles. The third kappa shape index (κ3) is 11.6. The number of fused-ring (bicyclic) bond motifs is 2. The molecule has 0 saturated heterocycles. The van der Waals surface area contributed by atoms with E-state index in [4.69, 9.17) is 14.9 Å². The number of unbranched alkanes of at least 4 members (excludes halogenated alkanes) is 2. The molecule has 7 aromatic rings. The van der Waals surface area contributed by atoms with Crippen molar-refractivity contribution in [3.05, 3.63) is 154 Å². The largest absolute Gasteiger partial charge is 0.506 e. The van der Waals surface area contributed by atoms with Crippen LogP contribution in [0.3, 0.4) is 0 Å². The van der Waals surface area contributed by atoms with E-state index in [-0.39, 0.29) is 49.1 Å². The number of aromatic hydroxyl groups is 1. The van der Waals surface area contributed by atoms with Crippen molar-refractivity contribution in [1.29, 1.82) is 0 Å². The Labute approximate surface area is 409 Å². The van der Waals surface area contributed by atoms with Gasteiger partial charge in [0.25, 0.3) is 11.8 Å². The van der Waals surface area contributed by atoms with Gasteiger partial charge in [-0.15, -0.1) is 0 Å². The molecule has 0 radical (unpaired) electrons. The Morgan fingerprint density at radius 1 is 0.900 bits per heavy atom. The number of nitrogens with one attached hydrogen (secondary N) is 4. The van der Waals surface area contributed by atoms with Gasteiger partial charge in [-0.3, -0.25) is 19.4 Å². The second kappa shape index (κ2) is 21.1. The lowest BCUT2D eigenvalue weighted by Crippen LogP contribution is -2.43. The van der Waals surface area contributed by atoms with E-state index in [1.807, 2.05) is 18.2 Å². The van der Waals surface area contributed by atoms with Crippen LogP contribution in [-0.4, -0.2) is 63.8 Å². The van der Waals surface area contributed by atoms with Crippen molar-refractivity contribution in [1.82, 2.24) is 15.3 Å². The fourth-order valence-electron chi connectivity index (χ4n) is 7.70. The van der Waals surface area contributed by atoms with Gasteiger partial charge >= 0.3 is 0 Å². The predicted octanol–water partition coefficient (Wildman–Crippen LogP) is 9.90. The number of nitrogens with zero attached hydrogens (tertiary/aromatic N) is 1. The third-order valence-corrected chi connectivity index (χ3v) is 18.8. The van der Waals surface area contributed by atoms with Gasteiger partial charge in [0.2, 0.25) is 15.4 Å². The Morgan fingerprint density at radius 3 is 2.39 bits per heavy atom. The highest BCUT2D eigenvalue weighted by Gasteiger charge is 2.40. The molecule has 16 heteroatoms. The number of nitrogens with two attached hydrogens (primary N) is 1. The van der Waals surface area contributed by atoms with Crippen LogP contribution in [0.25, 0.3) is 21.8 Å². The zero-order valence-corrected chi connectivity index (χ0v) is 42.1. The highest BCUT2D eigenvalue weighted by atomic mass is 32.2. The van der Waals surface area contributed by atoms with Crippen molar-refractivity contribution in [3.8, 4) is 23.3 Å². The summed E-state index contributed by atoms with van der Waals surface area (Å²) in [6.45, 7) is 14.0. The van der Waals surface area contributed by atoms with Crippen molar-refractivity contribution in [2.75, 3.05) is 30.8 Å². The topological polar surface area (TPSA) is 215 Å². The number of primary amides is 1. The second-order valence-electron chi connectivity index (χ2n) is 18.6. The minimum Gasteiger partial charge on any atom is -0.506 e. The van der Waals surface area contributed by atoms with Crippen molar-refractivity contribution in [3.63, 3.8) is 0 Å². The summed E-state index contributed by atoms with van der Waals surface area (Å²) in [4.78, 5) is 45.2. The first-order valence-electron chi connectivity index (χ1n) is 22.9. The number of carbonyl (C=O) groups is 2. The number of rotatable bonds is 17. The summed E-state index contributed by atoms with van der Waals surface area (Å²) in [5.41, 5.74) is 10.2.